The molecule has 0 radical (unpaired) electrons. The summed E-state index contributed by atoms with van der Waals surface area (Å²) in [5, 5.41) is 10.7. The summed E-state index contributed by atoms with van der Waals surface area (Å²) in [6.07, 6.45) is 1.58. The molecule has 0 spiro atoms. The molecule has 0 aliphatic carbocycles. The van der Waals surface area contributed by atoms with Gasteiger partial charge in [0.25, 0.3) is 5.91 Å². The highest BCUT2D eigenvalue weighted by Gasteiger charge is 2.17. The minimum Gasteiger partial charge on any atom is -0.494 e. The van der Waals surface area contributed by atoms with Crippen LogP contribution in [0.4, 0.5) is 4.39 Å². The quantitative estimate of drug-likeness (QED) is 0.837. The van der Waals surface area contributed by atoms with Crippen LogP contribution in [0.3, 0.4) is 0 Å². The number of carbonyl (C=O) groups is 1. The maximum Gasteiger partial charge on any atom is 0.251 e. The highest BCUT2D eigenvalue weighted by atomic mass is 19.1. The molecule has 1 heterocycles. The Labute approximate surface area is 133 Å². The molecule has 0 aliphatic rings. The Morgan fingerprint density at radius 2 is 2.22 bits per heavy atom. The van der Waals surface area contributed by atoms with E-state index in [9.17, 15) is 9.18 Å². The molecular formula is C15H19FN4O3. The zero-order valence-corrected chi connectivity index (χ0v) is 13.2. The average Bonchev–Trinajstić information content (AvgIpc) is 3.01. The maximum atomic E-state index is 13.4. The van der Waals surface area contributed by atoms with E-state index in [1.54, 1.807) is 24.9 Å². The third-order valence-corrected chi connectivity index (χ3v) is 3.33. The van der Waals surface area contributed by atoms with Crippen LogP contribution in [0.15, 0.2) is 24.5 Å². The molecule has 1 amide bonds. The monoisotopic (exact) mass is 322 g/mol. The van der Waals surface area contributed by atoms with Crippen LogP contribution in [-0.2, 0) is 11.3 Å². The van der Waals surface area contributed by atoms with Crippen molar-refractivity contribution < 1.29 is 18.7 Å². The van der Waals surface area contributed by atoms with Crippen LogP contribution in [0.2, 0.25) is 0 Å². The number of halogens is 1. The molecule has 7 nitrogen and oxygen atoms in total. The molecule has 124 valence electrons. The lowest BCUT2D eigenvalue weighted by molar-refractivity contribution is 0.0936. The number of methoxy groups -OCH3 is 2. The molecule has 2 rings (SSSR count). The van der Waals surface area contributed by atoms with Gasteiger partial charge in [-0.3, -0.25) is 4.79 Å². The molecule has 0 bridgehead atoms. The lowest BCUT2D eigenvalue weighted by atomic mass is 10.1. The van der Waals surface area contributed by atoms with Crippen LogP contribution in [0, 0.1) is 5.82 Å². The molecule has 23 heavy (non-hydrogen) atoms. The fourth-order valence-corrected chi connectivity index (χ4v) is 2.11. The normalized spacial score (nSPS) is 12.0. The third-order valence-electron chi connectivity index (χ3n) is 3.33. The van der Waals surface area contributed by atoms with Crippen LogP contribution in [0.5, 0.6) is 5.75 Å². The number of hydrogen-bond acceptors (Lipinski definition) is 5. The van der Waals surface area contributed by atoms with E-state index in [0.717, 1.165) is 0 Å². The van der Waals surface area contributed by atoms with E-state index in [1.165, 1.54) is 25.3 Å². The first-order valence-electron chi connectivity index (χ1n) is 7.07. The summed E-state index contributed by atoms with van der Waals surface area (Å²) in [5.41, 5.74) is 0.304. The number of hydrogen-bond donors (Lipinski definition) is 1. The average molecular weight is 322 g/mol. The zero-order valence-electron chi connectivity index (χ0n) is 13.2. The zero-order chi connectivity index (χ0) is 16.8. The molecule has 2 aromatic rings. The van der Waals surface area contributed by atoms with E-state index in [1.807, 2.05) is 0 Å². The predicted octanol–water partition coefficient (Wildman–Crippen LogP) is 1.56. The standard InChI is InChI=1S/C15H19FN4O3/c1-10(14-19-17-9-20(14)6-7-22-2)18-15(21)11-4-5-12(16)13(8-11)23-3/h4-5,8-10H,6-7H2,1-3H3,(H,18,21). The number of ether oxygens (including phenoxy) is 2. The van der Waals surface area contributed by atoms with Gasteiger partial charge in [0.05, 0.1) is 19.8 Å². The van der Waals surface area contributed by atoms with Gasteiger partial charge in [0.1, 0.15) is 6.33 Å². The number of aromatic nitrogens is 3. The van der Waals surface area contributed by atoms with Gasteiger partial charge in [0.2, 0.25) is 0 Å². The number of benzene rings is 1. The van der Waals surface area contributed by atoms with E-state index in [0.29, 0.717) is 24.5 Å². The second-order valence-corrected chi connectivity index (χ2v) is 4.92. The summed E-state index contributed by atoms with van der Waals surface area (Å²) in [4.78, 5) is 12.3. The Kier molecular flexibility index (Phi) is 5.64. The van der Waals surface area contributed by atoms with Gasteiger partial charge in [-0.05, 0) is 25.1 Å². The van der Waals surface area contributed by atoms with Crippen LogP contribution >= 0.6 is 0 Å². The second kappa shape index (κ2) is 7.68. The predicted molar refractivity (Wildman–Crippen MR) is 80.7 cm³/mol. The number of nitrogens with one attached hydrogen (secondary N) is 1. The minimum absolute atomic E-state index is 0.0218. The van der Waals surface area contributed by atoms with Crippen LogP contribution < -0.4 is 10.1 Å². The summed E-state index contributed by atoms with van der Waals surface area (Å²) < 4.78 is 25.1. The van der Waals surface area contributed by atoms with Gasteiger partial charge in [-0.1, -0.05) is 0 Å². The molecule has 0 fully saturated rings. The highest BCUT2D eigenvalue weighted by molar-refractivity contribution is 5.94. The molecule has 1 aromatic carbocycles. The summed E-state index contributed by atoms with van der Waals surface area (Å²) in [6.45, 7) is 2.90. The molecule has 1 atom stereocenters. The second-order valence-electron chi connectivity index (χ2n) is 4.92. The van der Waals surface area contributed by atoms with Crippen molar-refractivity contribution in [3.63, 3.8) is 0 Å². The molecular weight excluding hydrogens is 303 g/mol. The van der Waals surface area contributed by atoms with Crippen molar-refractivity contribution in [3.05, 3.63) is 41.7 Å². The van der Waals surface area contributed by atoms with Crippen molar-refractivity contribution in [1.29, 1.82) is 0 Å². The summed E-state index contributed by atoms with van der Waals surface area (Å²) in [6, 6.07) is 3.58. The van der Waals surface area contributed by atoms with Crippen molar-refractivity contribution in [2.45, 2.75) is 19.5 Å². The van der Waals surface area contributed by atoms with Gasteiger partial charge in [-0.2, -0.15) is 0 Å². The fraction of sp³-hybridized carbons (Fsp3) is 0.400. The van der Waals surface area contributed by atoms with Gasteiger partial charge < -0.3 is 19.4 Å². The summed E-state index contributed by atoms with van der Waals surface area (Å²) >= 11 is 0. The lowest BCUT2D eigenvalue weighted by Gasteiger charge is -2.15. The van der Waals surface area contributed by atoms with E-state index >= 15 is 0 Å². The minimum atomic E-state index is -0.517. The molecule has 1 aromatic heterocycles. The maximum absolute atomic E-state index is 13.4. The van der Waals surface area contributed by atoms with Crippen molar-refractivity contribution in [2.75, 3.05) is 20.8 Å². The van der Waals surface area contributed by atoms with Crippen molar-refractivity contribution >= 4 is 5.91 Å². The van der Waals surface area contributed by atoms with Gasteiger partial charge >= 0.3 is 0 Å². The highest BCUT2D eigenvalue weighted by Crippen LogP contribution is 2.19. The third kappa shape index (κ3) is 4.04. The van der Waals surface area contributed by atoms with Gasteiger partial charge in [0.15, 0.2) is 17.4 Å². The lowest BCUT2D eigenvalue weighted by Crippen LogP contribution is -2.29. The van der Waals surface area contributed by atoms with Crippen molar-refractivity contribution in [3.8, 4) is 5.75 Å². The number of carbonyl (C=O) groups excluding carboxylic acids is 1. The molecule has 0 saturated carbocycles. The van der Waals surface area contributed by atoms with Crippen LogP contribution in [-0.4, -0.2) is 41.5 Å². The molecule has 0 saturated heterocycles. The van der Waals surface area contributed by atoms with E-state index < -0.39 is 5.82 Å². The SMILES string of the molecule is COCCn1cnnc1C(C)NC(=O)c1ccc(F)c(OC)c1. The van der Waals surface area contributed by atoms with E-state index in [-0.39, 0.29) is 17.7 Å². The van der Waals surface area contributed by atoms with Crippen LogP contribution in [0.25, 0.3) is 0 Å². The Balaban J connectivity index is 2.09. The molecule has 1 unspecified atom stereocenters. The first-order valence-corrected chi connectivity index (χ1v) is 7.07. The Bertz CT molecular complexity index is 674. The van der Waals surface area contributed by atoms with Crippen molar-refractivity contribution in [2.24, 2.45) is 0 Å². The topological polar surface area (TPSA) is 78.3 Å². The number of nitrogens with zero attached hydrogens (tertiary/aromatic N) is 3. The van der Waals surface area contributed by atoms with Crippen molar-refractivity contribution in [1.82, 2.24) is 20.1 Å². The van der Waals surface area contributed by atoms with Gasteiger partial charge in [-0.25, -0.2) is 4.39 Å². The fourth-order valence-electron chi connectivity index (χ4n) is 2.11. The van der Waals surface area contributed by atoms with Gasteiger partial charge in [-0.15, -0.1) is 10.2 Å². The largest absolute Gasteiger partial charge is 0.494 e. The van der Waals surface area contributed by atoms with E-state index in [2.05, 4.69) is 15.5 Å². The Hall–Kier alpha value is -2.48. The first kappa shape index (κ1) is 16.9. The summed E-state index contributed by atoms with van der Waals surface area (Å²) in [5.74, 6) is -0.230. The molecule has 8 heteroatoms. The van der Waals surface area contributed by atoms with Gasteiger partial charge in [0, 0.05) is 19.2 Å². The summed E-state index contributed by atoms with van der Waals surface area (Å²) in [7, 11) is 2.96. The molecule has 1 N–H and O–H groups in total. The number of rotatable bonds is 7. The Morgan fingerprint density at radius 3 is 2.91 bits per heavy atom. The first-order chi connectivity index (χ1) is 11.1. The van der Waals surface area contributed by atoms with Crippen LogP contribution in [0.1, 0.15) is 29.1 Å². The van der Waals surface area contributed by atoms with E-state index in [4.69, 9.17) is 9.47 Å². The smallest absolute Gasteiger partial charge is 0.251 e. The molecule has 0 aliphatic heterocycles. The Morgan fingerprint density at radius 1 is 1.43 bits per heavy atom. The number of amides is 1.